The first-order chi connectivity index (χ1) is 4.91. The monoisotopic (exact) mass is 134 g/mol. The van der Waals surface area contributed by atoms with E-state index in [1.807, 2.05) is 6.20 Å². The molecule has 0 saturated heterocycles. The maximum Gasteiger partial charge on any atom is 0.0492 e. The van der Waals surface area contributed by atoms with E-state index < -0.39 is 0 Å². The third-order valence-electron chi connectivity index (χ3n) is 2.92. The van der Waals surface area contributed by atoms with Gasteiger partial charge in [-0.15, -0.1) is 0 Å². The summed E-state index contributed by atoms with van der Waals surface area (Å²) in [5.74, 6) is 0. The summed E-state index contributed by atoms with van der Waals surface area (Å²) in [5, 5.41) is 4.25. The summed E-state index contributed by atoms with van der Waals surface area (Å²) in [6.07, 6.45) is 6.07. The topological polar surface area (TPSA) is 17.8 Å². The largest absolute Gasteiger partial charge is 0.269 e. The molecule has 0 amide bonds. The van der Waals surface area contributed by atoms with E-state index >= 15 is 0 Å². The van der Waals surface area contributed by atoms with Gasteiger partial charge in [0, 0.05) is 23.9 Å². The molecule has 0 N–H and O–H groups in total. The number of rotatable bonds is 0. The summed E-state index contributed by atoms with van der Waals surface area (Å²) in [5.41, 5.74) is 2.10. The molecule has 1 saturated carbocycles. The number of hydrogen-bond donors (Lipinski definition) is 0. The van der Waals surface area contributed by atoms with Gasteiger partial charge in [0.05, 0.1) is 0 Å². The van der Waals surface area contributed by atoms with Crippen molar-refractivity contribution in [1.29, 1.82) is 0 Å². The molecule has 0 atom stereocenters. The zero-order valence-electron chi connectivity index (χ0n) is 5.88. The third-order valence-corrected chi connectivity index (χ3v) is 2.92. The minimum atomic E-state index is 0.608. The minimum Gasteiger partial charge on any atom is -0.269 e. The van der Waals surface area contributed by atoms with E-state index in [2.05, 4.69) is 15.8 Å². The van der Waals surface area contributed by atoms with E-state index in [-0.39, 0.29) is 0 Å². The van der Waals surface area contributed by atoms with Crippen molar-refractivity contribution in [2.45, 2.75) is 31.2 Å². The Morgan fingerprint density at radius 1 is 1.40 bits per heavy atom. The van der Waals surface area contributed by atoms with Crippen molar-refractivity contribution < 1.29 is 0 Å². The lowest BCUT2D eigenvalue weighted by Crippen LogP contribution is -1.99. The SMILES string of the molecule is c1cc2n(n1)CCC21CC1. The highest BCUT2D eigenvalue weighted by Gasteiger charge is 2.49. The Morgan fingerprint density at radius 3 is 3.10 bits per heavy atom. The van der Waals surface area contributed by atoms with Gasteiger partial charge in [0.25, 0.3) is 0 Å². The highest BCUT2D eigenvalue weighted by Crippen LogP contribution is 2.54. The molecule has 1 aliphatic heterocycles. The summed E-state index contributed by atoms with van der Waals surface area (Å²) >= 11 is 0. The van der Waals surface area contributed by atoms with Crippen molar-refractivity contribution in [2.75, 3.05) is 0 Å². The lowest BCUT2D eigenvalue weighted by Gasteiger charge is -2.00. The first-order valence-corrected chi connectivity index (χ1v) is 3.93. The van der Waals surface area contributed by atoms with E-state index in [0.717, 1.165) is 6.54 Å². The van der Waals surface area contributed by atoms with E-state index in [9.17, 15) is 0 Å². The Kier molecular flexibility index (Phi) is 0.636. The van der Waals surface area contributed by atoms with Crippen LogP contribution in [0.3, 0.4) is 0 Å². The van der Waals surface area contributed by atoms with Crippen LogP contribution >= 0.6 is 0 Å². The third kappa shape index (κ3) is 0.405. The molecule has 1 fully saturated rings. The average Bonchev–Trinajstić information content (AvgIpc) is 2.40. The molecule has 1 aliphatic carbocycles. The van der Waals surface area contributed by atoms with Gasteiger partial charge in [-0.05, 0) is 25.3 Å². The molecule has 2 aliphatic rings. The number of aryl methyl sites for hydroxylation is 1. The van der Waals surface area contributed by atoms with Crippen LogP contribution in [0.2, 0.25) is 0 Å². The van der Waals surface area contributed by atoms with E-state index in [0.29, 0.717) is 5.41 Å². The maximum absolute atomic E-state index is 4.25. The van der Waals surface area contributed by atoms with E-state index in [1.165, 1.54) is 25.0 Å². The first kappa shape index (κ1) is 4.94. The Labute approximate surface area is 59.9 Å². The van der Waals surface area contributed by atoms with Gasteiger partial charge in [-0.25, -0.2) is 0 Å². The quantitative estimate of drug-likeness (QED) is 0.523. The Bertz CT molecular complexity index is 271. The van der Waals surface area contributed by atoms with Crippen molar-refractivity contribution in [3.05, 3.63) is 18.0 Å². The molecule has 0 radical (unpaired) electrons. The van der Waals surface area contributed by atoms with Crippen molar-refractivity contribution >= 4 is 0 Å². The van der Waals surface area contributed by atoms with Gasteiger partial charge in [0.1, 0.15) is 0 Å². The summed E-state index contributed by atoms with van der Waals surface area (Å²) in [4.78, 5) is 0. The van der Waals surface area contributed by atoms with Crippen LogP contribution in [0.4, 0.5) is 0 Å². The molecule has 1 aromatic heterocycles. The summed E-state index contributed by atoms with van der Waals surface area (Å²) in [6.45, 7) is 1.16. The smallest absolute Gasteiger partial charge is 0.0492 e. The molecule has 3 rings (SSSR count). The van der Waals surface area contributed by atoms with Crippen LogP contribution in [0, 0.1) is 0 Å². The van der Waals surface area contributed by atoms with Gasteiger partial charge in [-0.2, -0.15) is 5.10 Å². The summed E-state index contributed by atoms with van der Waals surface area (Å²) < 4.78 is 2.16. The highest BCUT2D eigenvalue weighted by molar-refractivity contribution is 5.27. The number of aromatic nitrogens is 2. The fourth-order valence-corrected chi connectivity index (χ4v) is 2.07. The summed E-state index contributed by atoms with van der Waals surface area (Å²) in [6, 6.07) is 2.18. The van der Waals surface area contributed by atoms with Crippen LogP contribution in [0.25, 0.3) is 0 Å². The van der Waals surface area contributed by atoms with Crippen LogP contribution in [-0.4, -0.2) is 9.78 Å². The van der Waals surface area contributed by atoms with Crippen molar-refractivity contribution in [1.82, 2.24) is 9.78 Å². The molecule has 2 nitrogen and oxygen atoms in total. The van der Waals surface area contributed by atoms with E-state index in [4.69, 9.17) is 0 Å². The number of hydrogen-bond acceptors (Lipinski definition) is 1. The normalized spacial score (nSPS) is 25.2. The number of nitrogens with zero attached hydrogens (tertiary/aromatic N) is 2. The molecule has 1 spiro atoms. The van der Waals surface area contributed by atoms with Crippen molar-refractivity contribution in [3.8, 4) is 0 Å². The van der Waals surface area contributed by atoms with Gasteiger partial charge >= 0.3 is 0 Å². The zero-order chi connectivity index (χ0) is 6.60. The predicted octanol–water partition coefficient (Wildman–Crippen LogP) is 1.32. The second-order valence-electron chi connectivity index (χ2n) is 3.47. The Morgan fingerprint density at radius 2 is 2.30 bits per heavy atom. The summed E-state index contributed by atoms with van der Waals surface area (Å²) in [7, 11) is 0. The number of fused-ring (bicyclic) bond motifs is 2. The van der Waals surface area contributed by atoms with Crippen molar-refractivity contribution in [2.24, 2.45) is 0 Å². The molecular formula is C8H10N2. The fraction of sp³-hybridized carbons (Fsp3) is 0.625. The first-order valence-electron chi connectivity index (χ1n) is 3.93. The lowest BCUT2D eigenvalue weighted by molar-refractivity contribution is 0.626. The molecule has 1 aromatic rings. The minimum absolute atomic E-state index is 0.608. The van der Waals surface area contributed by atoms with Gasteiger partial charge in [0.2, 0.25) is 0 Å². The van der Waals surface area contributed by atoms with E-state index in [1.54, 1.807) is 0 Å². The van der Waals surface area contributed by atoms with Crippen LogP contribution in [0.5, 0.6) is 0 Å². The van der Waals surface area contributed by atoms with Gasteiger partial charge in [-0.1, -0.05) is 0 Å². The van der Waals surface area contributed by atoms with Crippen LogP contribution in [-0.2, 0) is 12.0 Å². The van der Waals surface area contributed by atoms with Crippen LogP contribution in [0.15, 0.2) is 12.3 Å². The second-order valence-corrected chi connectivity index (χ2v) is 3.47. The zero-order valence-corrected chi connectivity index (χ0v) is 5.88. The molecule has 2 heterocycles. The fourth-order valence-electron chi connectivity index (χ4n) is 2.07. The molecule has 0 aromatic carbocycles. The Balaban J connectivity index is 2.23. The van der Waals surface area contributed by atoms with Crippen molar-refractivity contribution in [3.63, 3.8) is 0 Å². The molecule has 52 valence electrons. The molecular weight excluding hydrogens is 124 g/mol. The molecule has 0 unspecified atom stereocenters. The average molecular weight is 134 g/mol. The van der Waals surface area contributed by atoms with Gasteiger partial charge < -0.3 is 0 Å². The van der Waals surface area contributed by atoms with Gasteiger partial charge in [0.15, 0.2) is 0 Å². The molecule has 10 heavy (non-hydrogen) atoms. The van der Waals surface area contributed by atoms with Crippen LogP contribution < -0.4 is 0 Å². The predicted molar refractivity (Wildman–Crippen MR) is 37.8 cm³/mol. The van der Waals surface area contributed by atoms with Gasteiger partial charge in [-0.3, -0.25) is 4.68 Å². The van der Waals surface area contributed by atoms with Crippen LogP contribution in [0.1, 0.15) is 25.0 Å². The molecule has 2 heteroatoms. The highest BCUT2D eigenvalue weighted by atomic mass is 15.3. The second kappa shape index (κ2) is 1.29. The standard InChI is InChI=1S/C8H10N2/c1-5-9-10-6-4-8(2-3-8)7(1)10/h1,5H,2-4,6H2. The lowest BCUT2D eigenvalue weighted by atomic mass is 10.0. The maximum atomic E-state index is 4.25. The molecule has 0 bridgehead atoms. The Hall–Kier alpha value is -0.790.